The smallest absolute Gasteiger partial charge is 0.377 e. The van der Waals surface area contributed by atoms with Gasteiger partial charge in [0.25, 0.3) is 0 Å². The van der Waals surface area contributed by atoms with Gasteiger partial charge in [-0.3, -0.25) is 0 Å². The lowest BCUT2D eigenvalue weighted by Gasteiger charge is -2.11. The average molecular weight is 321 g/mol. The number of carbonyl (C=O) groups is 2. The zero-order valence-electron chi connectivity index (χ0n) is 10.5. The van der Waals surface area contributed by atoms with Gasteiger partial charge >= 0.3 is 11.9 Å². The summed E-state index contributed by atoms with van der Waals surface area (Å²) in [6, 6.07) is 2.61. The van der Waals surface area contributed by atoms with E-state index in [1.807, 2.05) is 0 Å². The van der Waals surface area contributed by atoms with E-state index < -0.39 is 11.9 Å². The van der Waals surface area contributed by atoms with E-state index >= 15 is 0 Å². The lowest BCUT2D eigenvalue weighted by Crippen LogP contribution is -2.13. The lowest BCUT2D eigenvalue weighted by molar-refractivity contribution is -0.138. The standard InChI is InChI=1S/C12H10Cl2O6/c1-18-5-8(12(17)19-2)20-7-4-3-6(13)10(14)9(7)11(15)16/h3-5H,1-2H3,(H,15,16). The summed E-state index contributed by atoms with van der Waals surface area (Å²) < 4.78 is 14.3. The van der Waals surface area contributed by atoms with E-state index in [4.69, 9.17) is 33.0 Å². The van der Waals surface area contributed by atoms with Gasteiger partial charge in [0.1, 0.15) is 17.6 Å². The molecule has 20 heavy (non-hydrogen) atoms. The van der Waals surface area contributed by atoms with E-state index in [1.165, 1.54) is 19.2 Å². The van der Waals surface area contributed by atoms with Gasteiger partial charge in [0, 0.05) is 0 Å². The molecule has 0 aromatic heterocycles. The predicted octanol–water partition coefficient (Wildman–Crippen LogP) is 2.73. The van der Waals surface area contributed by atoms with Crippen molar-refractivity contribution in [2.24, 2.45) is 0 Å². The maximum absolute atomic E-state index is 11.4. The van der Waals surface area contributed by atoms with Gasteiger partial charge in [0.05, 0.1) is 24.3 Å². The highest BCUT2D eigenvalue weighted by Gasteiger charge is 2.22. The number of carboxylic acid groups (broad SMARTS) is 1. The summed E-state index contributed by atoms with van der Waals surface area (Å²) in [5, 5.41) is 8.97. The Labute approximate surface area is 124 Å². The molecule has 1 aromatic carbocycles. The first kappa shape index (κ1) is 16.1. The fourth-order valence-corrected chi connectivity index (χ4v) is 1.65. The Hall–Kier alpha value is -1.92. The van der Waals surface area contributed by atoms with Crippen LogP contribution in [-0.4, -0.2) is 31.3 Å². The zero-order valence-corrected chi connectivity index (χ0v) is 12.0. The second-order valence-electron chi connectivity index (χ2n) is 3.35. The molecular formula is C12H10Cl2O6. The molecule has 8 heteroatoms. The van der Waals surface area contributed by atoms with Crippen LogP contribution in [0.25, 0.3) is 0 Å². The third kappa shape index (κ3) is 3.55. The van der Waals surface area contributed by atoms with Crippen molar-refractivity contribution in [1.82, 2.24) is 0 Å². The van der Waals surface area contributed by atoms with E-state index in [2.05, 4.69) is 9.47 Å². The van der Waals surface area contributed by atoms with Crippen molar-refractivity contribution in [3.05, 3.63) is 39.8 Å². The summed E-state index contributed by atoms with van der Waals surface area (Å²) in [6.45, 7) is 0. The van der Waals surface area contributed by atoms with Crippen molar-refractivity contribution in [2.45, 2.75) is 0 Å². The highest BCUT2D eigenvalue weighted by Crippen LogP contribution is 2.34. The van der Waals surface area contributed by atoms with Crippen LogP contribution in [0, 0.1) is 0 Å². The van der Waals surface area contributed by atoms with Crippen LogP contribution in [0.15, 0.2) is 24.2 Å². The minimum Gasteiger partial charge on any atom is -0.500 e. The van der Waals surface area contributed by atoms with Crippen LogP contribution in [0.2, 0.25) is 10.0 Å². The van der Waals surface area contributed by atoms with E-state index in [9.17, 15) is 9.59 Å². The summed E-state index contributed by atoms with van der Waals surface area (Å²) >= 11 is 11.5. The minimum atomic E-state index is -1.35. The van der Waals surface area contributed by atoms with Crippen LogP contribution in [0.3, 0.4) is 0 Å². The number of hydrogen-bond donors (Lipinski definition) is 1. The number of benzene rings is 1. The van der Waals surface area contributed by atoms with Crippen molar-refractivity contribution in [3.63, 3.8) is 0 Å². The van der Waals surface area contributed by atoms with Gasteiger partial charge in [0.2, 0.25) is 5.76 Å². The molecule has 1 rings (SSSR count). The molecule has 0 unspecified atom stereocenters. The Kier molecular flexibility index (Phi) is 5.66. The topological polar surface area (TPSA) is 82.1 Å². The number of esters is 1. The van der Waals surface area contributed by atoms with Crippen molar-refractivity contribution in [2.75, 3.05) is 14.2 Å². The van der Waals surface area contributed by atoms with Gasteiger partial charge in [-0.25, -0.2) is 9.59 Å². The molecule has 0 atom stereocenters. The molecule has 108 valence electrons. The molecule has 0 saturated heterocycles. The second-order valence-corrected chi connectivity index (χ2v) is 4.14. The third-order valence-corrected chi connectivity index (χ3v) is 2.91. The van der Waals surface area contributed by atoms with Crippen LogP contribution in [-0.2, 0) is 14.3 Å². The van der Waals surface area contributed by atoms with Gasteiger partial charge < -0.3 is 19.3 Å². The van der Waals surface area contributed by atoms with E-state index in [1.54, 1.807) is 0 Å². The van der Waals surface area contributed by atoms with Gasteiger partial charge in [-0.05, 0) is 12.1 Å². The highest BCUT2D eigenvalue weighted by molar-refractivity contribution is 6.44. The molecule has 0 heterocycles. The van der Waals surface area contributed by atoms with Gasteiger partial charge in [0.15, 0.2) is 0 Å². The largest absolute Gasteiger partial charge is 0.500 e. The Morgan fingerprint density at radius 3 is 2.40 bits per heavy atom. The first-order valence-electron chi connectivity index (χ1n) is 5.12. The fraction of sp³-hybridized carbons (Fsp3) is 0.167. The summed E-state index contributed by atoms with van der Waals surface area (Å²) in [4.78, 5) is 22.6. The Morgan fingerprint density at radius 2 is 1.90 bits per heavy atom. The minimum absolute atomic E-state index is 0.0479. The molecule has 6 nitrogen and oxygen atoms in total. The zero-order chi connectivity index (χ0) is 15.3. The third-order valence-electron chi connectivity index (χ3n) is 2.10. The number of ether oxygens (including phenoxy) is 3. The molecule has 0 fully saturated rings. The van der Waals surface area contributed by atoms with E-state index in [0.29, 0.717) is 0 Å². The maximum atomic E-state index is 11.4. The molecule has 1 aromatic rings. The van der Waals surface area contributed by atoms with Crippen molar-refractivity contribution < 1.29 is 28.9 Å². The Balaban J connectivity index is 3.27. The second kappa shape index (κ2) is 7.02. The summed E-state index contributed by atoms with van der Waals surface area (Å²) in [5.41, 5.74) is -0.370. The van der Waals surface area contributed by atoms with Gasteiger partial charge in [-0.1, -0.05) is 23.2 Å². The molecule has 0 amide bonds. The molecule has 0 aliphatic carbocycles. The van der Waals surface area contributed by atoms with Gasteiger partial charge in [-0.2, -0.15) is 0 Å². The molecule has 0 radical (unpaired) electrons. The fourth-order valence-electron chi connectivity index (χ4n) is 1.26. The molecular weight excluding hydrogens is 311 g/mol. The monoisotopic (exact) mass is 320 g/mol. The lowest BCUT2D eigenvalue weighted by atomic mass is 10.2. The number of hydrogen-bond acceptors (Lipinski definition) is 5. The predicted molar refractivity (Wildman–Crippen MR) is 71.2 cm³/mol. The first-order chi connectivity index (χ1) is 9.42. The van der Waals surface area contributed by atoms with Crippen LogP contribution in [0.4, 0.5) is 0 Å². The van der Waals surface area contributed by atoms with Crippen LogP contribution in [0.5, 0.6) is 5.75 Å². The van der Waals surface area contributed by atoms with Crippen LogP contribution < -0.4 is 4.74 Å². The molecule has 0 spiro atoms. The number of carbonyl (C=O) groups excluding carboxylic acids is 1. The normalized spacial score (nSPS) is 10.9. The SMILES string of the molecule is COC=C(Oc1ccc(Cl)c(Cl)c1C(=O)O)C(=O)OC. The number of aromatic carboxylic acids is 1. The number of methoxy groups -OCH3 is 2. The molecule has 1 N–H and O–H groups in total. The van der Waals surface area contributed by atoms with Crippen molar-refractivity contribution in [3.8, 4) is 5.75 Å². The molecule has 0 bridgehead atoms. The maximum Gasteiger partial charge on any atom is 0.377 e. The van der Waals surface area contributed by atoms with Gasteiger partial charge in [-0.15, -0.1) is 0 Å². The number of halogens is 2. The van der Waals surface area contributed by atoms with E-state index in [0.717, 1.165) is 13.4 Å². The first-order valence-corrected chi connectivity index (χ1v) is 5.88. The molecule has 0 saturated carbocycles. The van der Waals surface area contributed by atoms with Crippen LogP contribution in [0.1, 0.15) is 10.4 Å². The number of rotatable bonds is 5. The molecule has 0 aliphatic heterocycles. The molecule has 0 aliphatic rings. The summed E-state index contributed by atoms with van der Waals surface area (Å²) in [6.07, 6.45) is 0.972. The van der Waals surface area contributed by atoms with Crippen molar-refractivity contribution in [1.29, 1.82) is 0 Å². The average Bonchev–Trinajstić information content (AvgIpc) is 2.41. The highest BCUT2D eigenvalue weighted by atomic mass is 35.5. The Bertz CT molecular complexity index is 567. The number of carboxylic acids is 1. The van der Waals surface area contributed by atoms with E-state index in [-0.39, 0.29) is 27.1 Å². The van der Waals surface area contributed by atoms with Crippen molar-refractivity contribution >= 4 is 35.1 Å². The quantitative estimate of drug-likeness (QED) is 0.510. The Morgan fingerprint density at radius 1 is 1.25 bits per heavy atom. The summed E-state index contributed by atoms with van der Waals surface area (Å²) in [5.74, 6) is -2.69. The summed E-state index contributed by atoms with van der Waals surface area (Å²) in [7, 11) is 2.43. The van der Waals surface area contributed by atoms with Crippen LogP contribution >= 0.6 is 23.2 Å².